The molecule has 0 heterocycles. The molecule has 0 amide bonds. The second-order valence-corrected chi connectivity index (χ2v) is 4.55. The van der Waals surface area contributed by atoms with Crippen molar-refractivity contribution in [3.8, 4) is 0 Å². The molecule has 1 heteroatoms. The molecule has 0 aromatic rings. The maximum absolute atomic E-state index is 5.77. The maximum atomic E-state index is 5.77. The van der Waals surface area contributed by atoms with Gasteiger partial charge in [0.25, 0.3) is 0 Å². The molecule has 0 radical (unpaired) electrons. The van der Waals surface area contributed by atoms with Gasteiger partial charge in [0.2, 0.25) is 0 Å². The summed E-state index contributed by atoms with van der Waals surface area (Å²) in [5, 5.41) is 0. The average Bonchev–Trinajstić information content (AvgIpc) is 2.19. The van der Waals surface area contributed by atoms with Crippen LogP contribution in [0.25, 0.3) is 0 Å². The number of ether oxygens (including phenoxy) is 1. The van der Waals surface area contributed by atoms with Gasteiger partial charge in [0.15, 0.2) is 0 Å². The summed E-state index contributed by atoms with van der Waals surface area (Å²) in [6.07, 6.45) is 8.24. The quantitative estimate of drug-likeness (QED) is 0.616. The number of hydrogen-bond acceptors (Lipinski definition) is 1. The zero-order chi connectivity index (χ0) is 8.60. The second kappa shape index (κ2) is 3.02. The van der Waals surface area contributed by atoms with Crippen molar-refractivity contribution in [2.24, 2.45) is 11.8 Å². The smallest absolute Gasteiger partial charge is 0.0707 e. The van der Waals surface area contributed by atoms with Gasteiger partial charge in [-0.15, -0.1) is 0 Å². The van der Waals surface area contributed by atoms with Crippen LogP contribution in [0.5, 0.6) is 0 Å². The van der Waals surface area contributed by atoms with E-state index in [1.165, 1.54) is 38.5 Å². The number of methoxy groups -OCH3 is 1. The minimum atomic E-state index is 0.295. The molecule has 70 valence electrons. The van der Waals surface area contributed by atoms with Crippen LogP contribution in [-0.2, 0) is 4.74 Å². The second-order valence-electron chi connectivity index (χ2n) is 4.55. The van der Waals surface area contributed by atoms with Crippen LogP contribution in [0.4, 0.5) is 0 Å². The fourth-order valence-electron chi connectivity index (χ4n) is 3.34. The van der Waals surface area contributed by atoms with Crippen molar-refractivity contribution in [3.05, 3.63) is 0 Å². The molecule has 3 aliphatic carbocycles. The third kappa shape index (κ3) is 1.10. The molecular formula is C11H20O. The summed E-state index contributed by atoms with van der Waals surface area (Å²) >= 11 is 0. The fraction of sp³-hybridized carbons (Fsp3) is 1.00. The predicted molar refractivity (Wildman–Crippen MR) is 50.1 cm³/mol. The van der Waals surface area contributed by atoms with Crippen molar-refractivity contribution < 1.29 is 4.74 Å². The zero-order valence-electron chi connectivity index (χ0n) is 8.31. The summed E-state index contributed by atoms with van der Waals surface area (Å²) in [4.78, 5) is 0. The first-order valence-electron chi connectivity index (χ1n) is 5.36. The van der Waals surface area contributed by atoms with Gasteiger partial charge in [-0.3, -0.25) is 0 Å². The molecule has 1 nitrogen and oxygen atoms in total. The Morgan fingerprint density at radius 3 is 2.42 bits per heavy atom. The average molecular weight is 168 g/mol. The van der Waals surface area contributed by atoms with Crippen LogP contribution in [0.1, 0.15) is 45.4 Å². The monoisotopic (exact) mass is 168 g/mol. The number of rotatable bonds is 2. The van der Waals surface area contributed by atoms with Crippen LogP contribution >= 0.6 is 0 Å². The molecule has 0 aromatic heterocycles. The van der Waals surface area contributed by atoms with Crippen LogP contribution in [-0.4, -0.2) is 12.7 Å². The first kappa shape index (κ1) is 8.55. The van der Waals surface area contributed by atoms with E-state index in [4.69, 9.17) is 4.74 Å². The van der Waals surface area contributed by atoms with E-state index in [1.54, 1.807) is 0 Å². The van der Waals surface area contributed by atoms with Gasteiger partial charge in [0.05, 0.1) is 5.60 Å². The van der Waals surface area contributed by atoms with Gasteiger partial charge < -0.3 is 4.74 Å². The molecule has 0 spiro atoms. The van der Waals surface area contributed by atoms with E-state index < -0.39 is 0 Å². The van der Waals surface area contributed by atoms with Crippen LogP contribution in [0.3, 0.4) is 0 Å². The van der Waals surface area contributed by atoms with Gasteiger partial charge >= 0.3 is 0 Å². The Morgan fingerprint density at radius 1 is 1.33 bits per heavy atom. The SMILES string of the molecule is CCC1CC2CCC1(OC)CC2. The van der Waals surface area contributed by atoms with Gasteiger partial charge in [-0.25, -0.2) is 0 Å². The highest BCUT2D eigenvalue weighted by atomic mass is 16.5. The van der Waals surface area contributed by atoms with E-state index in [0.29, 0.717) is 5.60 Å². The molecule has 12 heavy (non-hydrogen) atoms. The summed E-state index contributed by atoms with van der Waals surface area (Å²) in [6, 6.07) is 0. The standard InChI is InChI=1S/C11H20O/c1-3-10-8-9-4-6-11(10,12-2)7-5-9/h9-10H,3-8H2,1-2H3. The Bertz CT molecular complexity index is 156. The highest BCUT2D eigenvalue weighted by molar-refractivity contribution is 4.98. The van der Waals surface area contributed by atoms with Gasteiger partial charge in [0.1, 0.15) is 0 Å². The summed E-state index contributed by atoms with van der Waals surface area (Å²) in [5.41, 5.74) is 0.295. The molecule has 3 saturated carbocycles. The van der Waals surface area contributed by atoms with Crippen LogP contribution in [0.15, 0.2) is 0 Å². The van der Waals surface area contributed by atoms with Gasteiger partial charge in [-0.2, -0.15) is 0 Å². The Labute approximate surface area is 75.5 Å². The molecule has 2 bridgehead atoms. The van der Waals surface area contributed by atoms with Gasteiger partial charge in [-0.05, 0) is 43.9 Å². The molecule has 3 rings (SSSR count). The minimum absolute atomic E-state index is 0.295. The van der Waals surface area contributed by atoms with Crippen molar-refractivity contribution in [2.45, 2.75) is 51.0 Å². The lowest BCUT2D eigenvalue weighted by Gasteiger charge is -2.51. The van der Waals surface area contributed by atoms with Crippen molar-refractivity contribution in [1.82, 2.24) is 0 Å². The lowest BCUT2D eigenvalue weighted by atomic mass is 9.61. The lowest BCUT2D eigenvalue weighted by Crippen LogP contribution is -2.48. The summed E-state index contributed by atoms with van der Waals surface area (Å²) in [5.74, 6) is 1.89. The third-order valence-electron chi connectivity index (χ3n) is 4.21. The molecule has 1 atom stereocenters. The fourth-order valence-corrected chi connectivity index (χ4v) is 3.34. The third-order valence-corrected chi connectivity index (χ3v) is 4.21. The first-order chi connectivity index (χ1) is 5.80. The normalized spacial score (nSPS) is 46.5. The van der Waals surface area contributed by atoms with E-state index in [1.807, 2.05) is 7.11 Å². The highest BCUT2D eigenvalue weighted by Crippen LogP contribution is 2.50. The van der Waals surface area contributed by atoms with Crippen LogP contribution in [0, 0.1) is 11.8 Å². The van der Waals surface area contributed by atoms with Crippen molar-refractivity contribution >= 4 is 0 Å². The predicted octanol–water partition coefficient (Wildman–Crippen LogP) is 2.99. The molecule has 0 N–H and O–H groups in total. The largest absolute Gasteiger partial charge is 0.378 e. The van der Waals surface area contributed by atoms with Crippen molar-refractivity contribution in [1.29, 1.82) is 0 Å². The first-order valence-corrected chi connectivity index (χ1v) is 5.36. The molecule has 0 aliphatic heterocycles. The van der Waals surface area contributed by atoms with Gasteiger partial charge in [-0.1, -0.05) is 13.3 Å². The van der Waals surface area contributed by atoms with E-state index in [-0.39, 0.29) is 0 Å². The summed E-state index contributed by atoms with van der Waals surface area (Å²) < 4.78 is 5.77. The molecule has 0 aromatic carbocycles. The molecule has 1 unspecified atom stereocenters. The zero-order valence-corrected chi connectivity index (χ0v) is 8.31. The Hall–Kier alpha value is -0.0400. The topological polar surface area (TPSA) is 9.23 Å². The Morgan fingerprint density at radius 2 is 2.00 bits per heavy atom. The molecule has 3 aliphatic rings. The van der Waals surface area contributed by atoms with E-state index >= 15 is 0 Å². The Kier molecular flexibility index (Phi) is 2.16. The Balaban J connectivity index is 2.15. The van der Waals surface area contributed by atoms with E-state index in [0.717, 1.165) is 11.8 Å². The number of fused-ring (bicyclic) bond motifs is 3. The van der Waals surface area contributed by atoms with Crippen molar-refractivity contribution in [2.75, 3.05) is 7.11 Å². The van der Waals surface area contributed by atoms with Crippen molar-refractivity contribution in [3.63, 3.8) is 0 Å². The van der Waals surface area contributed by atoms with Crippen LogP contribution in [0.2, 0.25) is 0 Å². The number of hydrogen-bond donors (Lipinski definition) is 0. The maximum Gasteiger partial charge on any atom is 0.0707 e. The molecule has 3 fully saturated rings. The summed E-state index contributed by atoms with van der Waals surface area (Å²) in [6.45, 7) is 2.31. The molecule has 0 saturated heterocycles. The van der Waals surface area contributed by atoms with Crippen LogP contribution < -0.4 is 0 Å². The lowest BCUT2D eigenvalue weighted by molar-refractivity contribution is -0.131. The molecular weight excluding hydrogens is 148 g/mol. The van der Waals surface area contributed by atoms with E-state index in [2.05, 4.69) is 6.92 Å². The minimum Gasteiger partial charge on any atom is -0.378 e. The highest BCUT2D eigenvalue weighted by Gasteiger charge is 2.46. The van der Waals surface area contributed by atoms with Gasteiger partial charge in [0, 0.05) is 7.11 Å². The summed E-state index contributed by atoms with van der Waals surface area (Å²) in [7, 11) is 1.91. The van der Waals surface area contributed by atoms with E-state index in [9.17, 15) is 0 Å².